The zero-order valence-corrected chi connectivity index (χ0v) is 12.1. The van der Waals surface area contributed by atoms with E-state index < -0.39 is 17.2 Å². The lowest BCUT2D eigenvalue weighted by molar-refractivity contribution is 0.0904. The lowest BCUT2D eigenvalue weighted by Gasteiger charge is -2.14. The van der Waals surface area contributed by atoms with E-state index in [1.165, 1.54) is 25.4 Å². The molecule has 0 aliphatic rings. The number of benzene rings is 1. The topological polar surface area (TPSA) is 60.3 Å². The summed E-state index contributed by atoms with van der Waals surface area (Å²) in [7, 11) is 3.23. The van der Waals surface area contributed by atoms with E-state index in [1.54, 1.807) is 18.5 Å². The molecule has 1 heterocycles. The first-order valence-electron chi connectivity index (χ1n) is 6.52. The second-order valence-electron chi connectivity index (χ2n) is 4.97. The van der Waals surface area contributed by atoms with Gasteiger partial charge in [0.15, 0.2) is 0 Å². The van der Waals surface area contributed by atoms with E-state index in [0.29, 0.717) is 12.1 Å². The number of carbonyl (C=O) groups is 1. The van der Waals surface area contributed by atoms with E-state index in [1.807, 2.05) is 0 Å². The van der Waals surface area contributed by atoms with Crippen molar-refractivity contribution in [3.05, 3.63) is 46.0 Å². The Morgan fingerprint density at radius 3 is 2.86 bits per heavy atom. The molecule has 0 saturated carbocycles. The molecular formula is C15H17FN2O3. The number of methoxy groups -OCH3 is 1. The predicted octanol–water partition coefficient (Wildman–Crippen LogP) is 1.44. The third-order valence-corrected chi connectivity index (χ3v) is 3.19. The van der Waals surface area contributed by atoms with Gasteiger partial charge in [-0.2, -0.15) is 0 Å². The molecule has 0 spiro atoms. The summed E-state index contributed by atoms with van der Waals surface area (Å²) in [6.07, 6.45) is 1.46. The van der Waals surface area contributed by atoms with Crippen LogP contribution in [0.15, 0.2) is 29.2 Å². The molecule has 1 aromatic heterocycles. The number of halogens is 1. The van der Waals surface area contributed by atoms with Gasteiger partial charge in [-0.25, -0.2) is 4.39 Å². The lowest BCUT2D eigenvalue weighted by Crippen LogP contribution is -2.38. The summed E-state index contributed by atoms with van der Waals surface area (Å²) in [5, 5.41) is 2.86. The number of rotatable bonds is 4. The minimum atomic E-state index is -0.509. The molecule has 1 atom stereocenters. The van der Waals surface area contributed by atoms with Crippen LogP contribution in [0.25, 0.3) is 10.9 Å². The number of hydrogen-bond acceptors (Lipinski definition) is 3. The molecule has 0 aliphatic heterocycles. The van der Waals surface area contributed by atoms with Crippen molar-refractivity contribution in [2.24, 2.45) is 7.05 Å². The highest BCUT2D eigenvalue weighted by molar-refractivity contribution is 5.97. The van der Waals surface area contributed by atoms with E-state index in [-0.39, 0.29) is 17.0 Å². The first-order chi connectivity index (χ1) is 9.93. The number of aryl methyl sites for hydroxylation is 1. The van der Waals surface area contributed by atoms with Crippen LogP contribution in [0.2, 0.25) is 0 Å². The summed E-state index contributed by atoms with van der Waals surface area (Å²) in [4.78, 5) is 24.5. The number of pyridine rings is 1. The van der Waals surface area contributed by atoms with Gasteiger partial charge in [-0.3, -0.25) is 9.59 Å². The smallest absolute Gasteiger partial charge is 0.257 e. The van der Waals surface area contributed by atoms with Crippen molar-refractivity contribution in [2.45, 2.75) is 13.0 Å². The van der Waals surface area contributed by atoms with E-state index in [4.69, 9.17) is 4.74 Å². The van der Waals surface area contributed by atoms with Crippen molar-refractivity contribution in [3.63, 3.8) is 0 Å². The Bertz CT molecular complexity index is 740. The minimum absolute atomic E-state index is 0.0152. The van der Waals surface area contributed by atoms with E-state index in [0.717, 1.165) is 6.07 Å². The second kappa shape index (κ2) is 6.05. The lowest BCUT2D eigenvalue weighted by atomic mass is 10.1. The first-order valence-corrected chi connectivity index (χ1v) is 6.52. The van der Waals surface area contributed by atoms with Crippen molar-refractivity contribution in [1.29, 1.82) is 0 Å². The average molecular weight is 292 g/mol. The molecule has 0 aliphatic carbocycles. The molecule has 0 bridgehead atoms. The fourth-order valence-electron chi connectivity index (χ4n) is 2.22. The molecule has 5 nitrogen and oxygen atoms in total. The number of hydrogen-bond donors (Lipinski definition) is 1. The Kier molecular flexibility index (Phi) is 4.37. The third-order valence-electron chi connectivity index (χ3n) is 3.19. The molecule has 0 saturated heterocycles. The van der Waals surface area contributed by atoms with Crippen LogP contribution >= 0.6 is 0 Å². The van der Waals surface area contributed by atoms with Gasteiger partial charge >= 0.3 is 0 Å². The van der Waals surface area contributed by atoms with Gasteiger partial charge in [0.2, 0.25) is 5.43 Å². The van der Waals surface area contributed by atoms with Crippen LogP contribution in [0.1, 0.15) is 17.3 Å². The zero-order chi connectivity index (χ0) is 15.6. The zero-order valence-electron chi connectivity index (χ0n) is 12.1. The maximum atomic E-state index is 13.3. The van der Waals surface area contributed by atoms with Crippen molar-refractivity contribution in [1.82, 2.24) is 9.88 Å². The fraction of sp³-hybridized carbons (Fsp3) is 0.333. The number of ether oxygens (including phenoxy) is 1. The van der Waals surface area contributed by atoms with Gasteiger partial charge in [0.1, 0.15) is 11.4 Å². The molecular weight excluding hydrogens is 275 g/mol. The largest absolute Gasteiger partial charge is 0.383 e. The van der Waals surface area contributed by atoms with Crippen molar-refractivity contribution >= 4 is 16.8 Å². The summed E-state index contributed by atoms with van der Waals surface area (Å²) in [5.41, 5.74) is 0.0751. The van der Waals surface area contributed by atoms with Gasteiger partial charge in [-0.05, 0) is 25.1 Å². The molecule has 1 N–H and O–H groups in total. The molecule has 1 aromatic carbocycles. The Morgan fingerprint density at radius 2 is 2.19 bits per heavy atom. The van der Waals surface area contributed by atoms with E-state index in [9.17, 15) is 14.0 Å². The first kappa shape index (κ1) is 15.2. The highest BCUT2D eigenvalue weighted by Gasteiger charge is 2.16. The normalized spacial score (nSPS) is 12.4. The van der Waals surface area contributed by atoms with Crippen LogP contribution in [-0.2, 0) is 11.8 Å². The van der Waals surface area contributed by atoms with Crippen LogP contribution in [0.4, 0.5) is 4.39 Å². The van der Waals surface area contributed by atoms with Crippen LogP contribution < -0.4 is 10.7 Å². The van der Waals surface area contributed by atoms with Crippen LogP contribution in [-0.4, -0.2) is 30.2 Å². The van der Waals surface area contributed by atoms with Crippen LogP contribution in [0.5, 0.6) is 0 Å². The second-order valence-corrected chi connectivity index (χ2v) is 4.97. The molecule has 0 radical (unpaired) electrons. The Labute approximate surface area is 121 Å². The van der Waals surface area contributed by atoms with E-state index >= 15 is 0 Å². The molecule has 2 rings (SSSR count). The number of nitrogens with one attached hydrogen (secondary N) is 1. The van der Waals surface area contributed by atoms with Gasteiger partial charge in [-0.1, -0.05) is 0 Å². The highest BCUT2D eigenvalue weighted by Crippen LogP contribution is 2.12. The number of amides is 1. The summed E-state index contributed by atoms with van der Waals surface area (Å²) < 4.78 is 19.9. The Morgan fingerprint density at radius 1 is 1.48 bits per heavy atom. The predicted molar refractivity (Wildman–Crippen MR) is 78.0 cm³/mol. The number of nitrogens with zero attached hydrogens (tertiary/aromatic N) is 1. The van der Waals surface area contributed by atoms with E-state index in [2.05, 4.69) is 5.32 Å². The average Bonchev–Trinajstić information content (AvgIpc) is 2.42. The summed E-state index contributed by atoms with van der Waals surface area (Å²) in [6.45, 7) is 2.11. The Balaban J connectivity index is 2.48. The van der Waals surface area contributed by atoms with Crippen LogP contribution in [0.3, 0.4) is 0 Å². The van der Waals surface area contributed by atoms with Gasteiger partial charge in [0.25, 0.3) is 5.91 Å². The van der Waals surface area contributed by atoms with Crippen LogP contribution in [0, 0.1) is 5.82 Å². The van der Waals surface area contributed by atoms with Gasteiger partial charge in [0.05, 0.1) is 12.1 Å². The SMILES string of the molecule is COC[C@H](C)NC(=O)c1cn(C)c2ccc(F)cc2c1=O. The van der Waals surface area contributed by atoms with Gasteiger partial charge in [-0.15, -0.1) is 0 Å². The summed E-state index contributed by atoms with van der Waals surface area (Å²) >= 11 is 0. The molecule has 21 heavy (non-hydrogen) atoms. The van der Waals surface area contributed by atoms with Crippen molar-refractivity contribution in [2.75, 3.05) is 13.7 Å². The summed E-state index contributed by atoms with van der Waals surface area (Å²) in [6, 6.07) is 3.71. The fourth-order valence-corrected chi connectivity index (χ4v) is 2.22. The highest BCUT2D eigenvalue weighted by atomic mass is 19.1. The number of fused-ring (bicyclic) bond motifs is 1. The summed E-state index contributed by atoms with van der Waals surface area (Å²) in [5.74, 6) is -1.00. The standard InChI is InChI=1S/C15H17FN2O3/c1-9(8-21-3)17-15(20)12-7-18(2)13-5-4-10(16)6-11(13)14(12)19/h4-7,9H,8H2,1-3H3,(H,17,20)/t9-/m0/s1. The third kappa shape index (κ3) is 3.11. The maximum Gasteiger partial charge on any atom is 0.257 e. The monoisotopic (exact) mass is 292 g/mol. The minimum Gasteiger partial charge on any atom is -0.383 e. The Hall–Kier alpha value is -2.21. The number of aromatic nitrogens is 1. The molecule has 1 amide bonds. The molecule has 6 heteroatoms. The van der Waals surface area contributed by atoms with Crippen molar-refractivity contribution < 1.29 is 13.9 Å². The molecule has 2 aromatic rings. The molecule has 112 valence electrons. The molecule has 0 fully saturated rings. The number of carbonyl (C=O) groups excluding carboxylic acids is 1. The van der Waals surface area contributed by atoms with Gasteiger partial charge in [0, 0.05) is 31.8 Å². The maximum absolute atomic E-state index is 13.3. The van der Waals surface area contributed by atoms with Gasteiger partial charge < -0.3 is 14.6 Å². The molecule has 0 unspecified atom stereocenters. The quantitative estimate of drug-likeness (QED) is 0.927. The van der Waals surface area contributed by atoms with Crippen molar-refractivity contribution in [3.8, 4) is 0 Å².